The number of benzene rings is 2. The summed E-state index contributed by atoms with van der Waals surface area (Å²) in [5, 5.41) is 11.7. The fraction of sp³-hybridized carbons (Fsp3) is 0.333. The van der Waals surface area contributed by atoms with E-state index in [-0.39, 0.29) is 5.66 Å². The maximum absolute atomic E-state index is 5.51. The molecule has 1 saturated heterocycles. The van der Waals surface area contributed by atoms with E-state index in [1.807, 2.05) is 0 Å². The van der Waals surface area contributed by atoms with Crippen molar-refractivity contribution < 1.29 is 4.74 Å². The van der Waals surface area contributed by atoms with Crippen LogP contribution in [0, 0.1) is 30.4 Å². The number of rotatable bonds is 9. The molecule has 0 bridgehead atoms. The molecule has 5 radical (unpaired) electrons. The van der Waals surface area contributed by atoms with Gasteiger partial charge in [-0.15, -0.1) is 0 Å². The summed E-state index contributed by atoms with van der Waals surface area (Å²) in [5.74, 6) is 1.27. The minimum absolute atomic E-state index is 0.270. The maximum atomic E-state index is 5.51. The van der Waals surface area contributed by atoms with E-state index < -0.39 is 7.92 Å². The smallest absolute Gasteiger partial charge is 0.0704 e. The fourth-order valence-corrected chi connectivity index (χ4v) is 7.73. The molecule has 0 unspecified atom stereocenters. The number of hydrazone groups is 1. The van der Waals surface area contributed by atoms with Gasteiger partial charge in [0.2, 0.25) is 0 Å². The van der Waals surface area contributed by atoms with Gasteiger partial charge in [-0.1, -0.05) is 67.6 Å². The molecule has 4 rings (SSSR count). The molecule has 2 aromatic rings. The second-order valence-corrected chi connectivity index (χ2v) is 11.5. The van der Waals surface area contributed by atoms with E-state index in [2.05, 4.69) is 98.1 Å². The van der Waals surface area contributed by atoms with E-state index in [9.17, 15) is 0 Å². The summed E-state index contributed by atoms with van der Waals surface area (Å²) in [6, 6.07) is 22.3. The summed E-state index contributed by atoms with van der Waals surface area (Å²) in [7, 11) is 1.17. The zero-order chi connectivity index (χ0) is 22.3. The van der Waals surface area contributed by atoms with Crippen LogP contribution in [-0.2, 0) is 4.74 Å². The molecule has 2 fully saturated rings. The Balaban J connectivity index is 1.75. The van der Waals surface area contributed by atoms with E-state index in [1.165, 1.54) is 33.9 Å². The molecule has 1 aliphatic heterocycles. The zero-order valence-corrected chi connectivity index (χ0v) is 20.9. The monoisotopic (exact) mass is 463 g/mol. The summed E-state index contributed by atoms with van der Waals surface area (Å²) >= 11 is 1.80. The third-order valence-corrected chi connectivity index (χ3v) is 9.59. The summed E-state index contributed by atoms with van der Waals surface area (Å²) in [6.07, 6.45) is 11.1. The predicted octanol–water partition coefficient (Wildman–Crippen LogP) is 5.07. The van der Waals surface area contributed by atoms with Gasteiger partial charge in [-0.3, -0.25) is 5.01 Å². The Morgan fingerprint density at radius 2 is 1.75 bits per heavy atom. The average molecular weight is 464 g/mol. The quantitative estimate of drug-likeness (QED) is 0.383. The van der Waals surface area contributed by atoms with E-state index >= 15 is 0 Å². The van der Waals surface area contributed by atoms with E-state index in [1.54, 1.807) is 18.9 Å². The van der Waals surface area contributed by atoms with Gasteiger partial charge in [0.05, 0.1) is 18.4 Å². The highest BCUT2D eigenvalue weighted by molar-refractivity contribution is 8.01. The van der Waals surface area contributed by atoms with Crippen molar-refractivity contribution in [2.75, 3.05) is 26.5 Å². The van der Waals surface area contributed by atoms with Crippen LogP contribution >= 0.6 is 19.7 Å². The van der Waals surface area contributed by atoms with E-state index in [0.717, 1.165) is 19.6 Å². The van der Waals surface area contributed by atoms with Gasteiger partial charge in [0.25, 0.3) is 0 Å². The Kier molecular flexibility index (Phi) is 8.68. The lowest BCUT2D eigenvalue weighted by molar-refractivity contribution is 0.118. The Morgan fingerprint density at radius 1 is 1.09 bits per heavy atom. The van der Waals surface area contributed by atoms with Crippen molar-refractivity contribution in [3.8, 4) is 0 Å². The van der Waals surface area contributed by atoms with Gasteiger partial charge in [0.1, 0.15) is 0 Å². The van der Waals surface area contributed by atoms with Crippen LogP contribution in [0.2, 0.25) is 0 Å². The van der Waals surface area contributed by atoms with Crippen molar-refractivity contribution >= 4 is 36.0 Å². The zero-order valence-electron chi connectivity index (χ0n) is 19.1. The average Bonchev–Trinajstić information content (AvgIpc) is 3.48. The topological polar surface area (TPSA) is 24.8 Å². The van der Waals surface area contributed by atoms with Crippen LogP contribution in [-0.4, -0.2) is 48.9 Å². The molecule has 1 heterocycles. The first kappa shape index (κ1) is 23.8. The first-order valence-electron chi connectivity index (χ1n) is 11.3. The summed E-state index contributed by atoms with van der Waals surface area (Å²) < 4.78 is 5.51. The summed E-state index contributed by atoms with van der Waals surface area (Å²) in [6.45, 7) is 4.09. The normalized spacial score (nSPS) is 21.6. The van der Waals surface area contributed by atoms with Crippen LogP contribution in [0.3, 0.4) is 0 Å². The van der Waals surface area contributed by atoms with Gasteiger partial charge in [0.15, 0.2) is 0 Å². The highest BCUT2D eigenvalue weighted by atomic mass is 32.2. The molecule has 2 atom stereocenters. The molecule has 3 nitrogen and oxygen atoms in total. The molecule has 2 aliphatic rings. The second-order valence-electron chi connectivity index (χ2n) is 8.12. The van der Waals surface area contributed by atoms with Gasteiger partial charge in [-0.05, 0) is 56.9 Å². The van der Waals surface area contributed by atoms with Gasteiger partial charge in [-0.2, -0.15) is 16.9 Å². The third kappa shape index (κ3) is 5.41. The Labute approximate surface area is 199 Å². The molecule has 167 valence electrons. The van der Waals surface area contributed by atoms with Gasteiger partial charge in [0, 0.05) is 30.5 Å². The molecular weight excluding hydrogens is 431 g/mol. The lowest BCUT2D eigenvalue weighted by Gasteiger charge is -2.33. The number of hydrogen-bond donors (Lipinski definition) is 0. The Hall–Kier alpha value is -1.35. The largest absolute Gasteiger partial charge is 0.382 e. The Bertz CT molecular complexity index is 823. The van der Waals surface area contributed by atoms with Crippen molar-refractivity contribution in [2.24, 2.45) is 5.10 Å². The molecular formula is C27H32N2OPS. The highest BCUT2D eigenvalue weighted by Crippen LogP contribution is 2.48. The lowest BCUT2D eigenvalue weighted by Crippen LogP contribution is -2.36. The standard InChI is InChI=1S/C27H32N2OPS/c1-21(31(23-13-6-4-7-14-23)24-15-8-5-9-16-24)27(25-17-10-18-26(25)32-3)28-29-19-11-12-22(29)20-30-2/h4-10,13-18,21-22H,11-12,19-20H2,1-3H3/b28-27+/t21-,22+/m1/s1. The first-order chi connectivity index (χ1) is 15.7. The fourth-order valence-electron chi connectivity index (χ4n) is 4.50. The van der Waals surface area contributed by atoms with Gasteiger partial charge >= 0.3 is 0 Å². The van der Waals surface area contributed by atoms with Crippen molar-refractivity contribution in [2.45, 2.75) is 31.5 Å². The highest BCUT2D eigenvalue weighted by Gasteiger charge is 2.39. The SMILES string of the molecule is COC[C@@H]1CCCN1/N=C(/[C]1[CH][CH][CH][C]1SC)[C@@H](C)P(c1ccccc1)c1ccccc1. The molecule has 0 aromatic heterocycles. The number of nitrogens with zero attached hydrogens (tertiary/aromatic N) is 2. The summed E-state index contributed by atoms with van der Waals surface area (Å²) in [5.41, 5.74) is 1.47. The molecule has 1 aliphatic carbocycles. The number of hydrogen-bond acceptors (Lipinski definition) is 4. The molecule has 2 aromatic carbocycles. The van der Waals surface area contributed by atoms with Crippen LogP contribution in [0.1, 0.15) is 19.8 Å². The molecule has 0 N–H and O–H groups in total. The molecule has 1 saturated carbocycles. The van der Waals surface area contributed by atoms with Crippen LogP contribution in [0.25, 0.3) is 0 Å². The summed E-state index contributed by atoms with van der Waals surface area (Å²) in [4.78, 5) is 0. The number of ether oxygens (including phenoxy) is 1. The number of methoxy groups -OCH3 is 1. The molecule has 0 amide bonds. The van der Waals surface area contributed by atoms with Gasteiger partial charge < -0.3 is 4.74 Å². The lowest BCUT2D eigenvalue weighted by atomic mass is 9.99. The van der Waals surface area contributed by atoms with Gasteiger partial charge in [-0.25, -0.2) is 0 Å². The van der Waals surface area contributed by atoms with Crippen molar-refractivity contribution in [3.05, 3.63) is 91.1 Å². The van der Waals surface area contributed by atoms with Crippen molar-refractivity contribution in [1.82, 2.24) is 5.01 Å². The molecule has 0 spiro atoms. The minimum atomic E-state index is -0.614. The maximum Gasteiger partial charge on any atom is 0.0704 e. The molecule has 32 heavy (non-hydrogen) atoms. The van der Waals surface area contributed by atoms with Crippen LogP contribution in [0.5, 0.6) is 0 Å². The van der Waals surface area contributed by atoms with Crippen LogP contribution in [0.15, 0.2) is 65.8 Å². The predicted molar refractivity (Wildman–Crippen MR) is 140 cm³/mol. The third-order valence-electron chi connectivity index (χ3n) is 6.06. The van der Waals surface area contributed by atoms with Crippen molar-refractivity contribution in [3.63, 3.8) is 0 Å². The van der Waals surface area contributed by atoms with Crippen molar-refractivity contribution in [1.29, 1.82) is 0 Å². The Morgan fingerprint density at radius 3 is 2.34 bits per heavy atom. The minimum Gasteiger partial charge on any atom is -0.382 e. The second kappa shape index (κ2) is 11.7. The molecule has 5 heteroatoms. The van der Waals surface area contributed by atoms with Crippen LogP contribution in [0.4, 0.5) is 0 Å². The van der Waals surface area contributed by atoms with E-state index in [0.29, 0.717) is 6.04 Å². The van der Waals surface area contributed by atoms with E-state index in [4.69, 9.17) is 9.84 Å². The van der Waals surface area contributed by atoms with Crippen LogP contribution < -0.4 is 10.6 Å². The number of thioether (sulfide) groups is 1. The first-order valence-corrected chi connectivity index (χ1v) is 13.9.